The SMILES string of the molecule is COCCN1CCc2cc(OC)c(C3(N)N=C(N)C=CN3)cc2CC1. The maximum Gasteiger partial charge on any atom is 0.214 e. The molecule has 0 fully saturated rings. The summed E-state index contributed by atoms with van der Waals surface area (Å²) in [5, 5.41) is 3.10. The van der Waals surface area contributed by atoms with Gasteiger partial charge in [0.25, 0.3) is 0 Å². The second-order valence-electron chi connectivity index (χ2n) is 6.44. The van der Waals surface area contributed by atoms with E-state index in [9.17, 15) is 0 Å². The Labute approximate surface area is 148 Å². The molecule has 5 N–H and O–H groups in total. The first kappa shape index (κ1) is 17.7. The number of hydrogen-bond donors (Lipinski definition) is 3. The molecule has 0 aliphatic carbocycles. The molecule has 7 heteroatoms. The molecular weight excluding hydrogens is 318 g/mol. The molecule has 7 nitrogen and oxygen atoms in total. The van der Waals surface area contributed by atoms with Crippen molar-refractivity contribution in [3.8, 4) is 5.75 Å². The maximum absolute atomic E-state index is 6.48. The van der Waals surface area contributed by atoms with E-state index in [1.54, 1.807) is 26.5 Å². The molecule has 25 heavy (non-hydrogen) atoms. The Morgan fingerprint density at radius 2 is 1.96 bits per heavy atom. The van der Waals surface area contributed by atoms with Crippen molar-refractivity contribution >= 4 is 5.84 Å². The lowest BCUT2D eigenvalue weighted by atomic mass is 9.95. The predicted molar refractivity (Wildman–Crippen MR) is 98.5 cm³/mol. The van der Waals surface area contributed by atoms with Crippen LogP contribution in [-0.2, 0) is 23.4 Å². The molecule has 0 spiro atoms. The third kappa shape index (κ3) is 3.78. The number of methoxy groups -OCH3 is 2. The monoisotopic (exact) mass is 345 g/mol. The number of amidine groups is 1. The van der Waals surface area contributed by atoms with Gasteiger partial charge in [0, 0.05) is 32.9 Å². The van der Waals surface area contributed by atoms with Gasteiger partial charge in [-0.15, -0.1) is 0 Å². The second kappa shape index (κ2) is 7.43. The van der Waals surface area contributed by atoms with Gasteiger partial charge in [-0.25, -0.2) is 4.99 Å². The van der Waals surface area contributed by atoms with E-state index in [0.717, 1.165) is 50.4 Å². The summed E-state index contributed by atoms with van der Waals surface area (Å²) in [4.78, 5) is 6.81. The molecular formula is C18H27N5O2. The zero-order chi connectivity index (χ0) is 17.9. The molecule has 2 heterocycles. The first-order valence-electron chi connectivity index (χ1n) is 8.56. The van der Waals surface area contributed by atoms with Crippen molar-refractivity contribution in [3.63, 3.8) is 0 Å². The molecule has 1 aromatic rings. The van der Waals surface area contributed by atoms with Gasteiger partial charge in [0.05, 0.1) is 19.3 Å². The molecule has 2 aliphatic rings. The number of nitrogens with zero attached hydrogens (tertiary/aromatic N) is 2. The summed E-state index contributed by atoms with van der Waals surface area (Å²) in [6, 6.07) is 4.20. The molecule has 0 saturated carbocycles. The van der Waals surface area contributed by atoms with Crippen molar-refractivity contribution in [3.05, 3.63) is 41.1 Å². The van der Waals surface area contributed by atoms with Crippen molar-refractivity contribution in [2.45, 2.75) is 18.6 Å². The van der Waals surface area contributed by atoms with E-state index in [1.165, 1.54) is 11.1 Å². The Kier molecular flexibility index (Phi) is 5.27. The number of rotatable bonds is 5. The van der Waals surface area contributed by atoms with Crippen LogP contribution in [0.4, 0.5) is 0 Å². The van der Waals surface area contributed by atoms with Crippen LogP contribution in [0.1, 0.15) is 16.7 Å². The van der Waals surface area contributed by atoms with E-state index in [4.69, 9.17) is 20.9 Å². The van der Waals surface area contributed by atoms with Crippen LogP contribution in [-0.4, -0.2) is 51.2 Å². The molecule has 1 aromatic carbocycles. The van der Waals surface area contributed by atoms with Crippen molar-refractivity contribution in [2.24, 2.45) is 16.5 Å². The van der Waals surface area contributed by atoms with Crippen molar-refractivity contribution in [1.29, 1.82) is 0 Å². The highest BCUT2D eigenvalue weighted by Crippen LogP contribution is 2.33. The lowest BCUT2D eigenvalue weighted by Gasteiger charge is -2.30. The van der Waals surface area contributed by atoms with Crippen molar-refractivity contribution < 1.29 is 9.47 Å². The number of benzene rings is 1. The number of aliphatic imine (C=N–C) groups is 1. The summed E-state index contributed by atoms with van der Waals surface area (Å²) in [6.45, 7) is 3.71. The van der Waals surface area contributed by atoms with Gasteiger partial charge >= 0.3 is 0 Å². The van der Waals surface area contributed by atoms with Crippen LogP contribution >= 0.6 is 0 Å². The van der Waals surface area contributed by atoms with Crippen molar-refractivity contribution in [2.75, 3.05) is 40.5 Å². The summed E-state index contributed by atoms with van der Waals surface area (Å²) in [7, 11) is 3.39. The standard InChI is InChI=1S/C18H27N5O2/c1-24-10-9-23-7-4-13-11-15(16(25-2)12-14(13)5-8-23)18(20)21-6-3-17(19)22-18/h3,6,11-12,21H,4-5,7-10,20H2,1-2H3,(H2,19,22). The normalized spacial score (nSPS) is 23.4. The minimum atomic E-state index is -1.11. The Bertz CT molecular complexity index is 688. The van der Waals surface area contributed by atoms with E-state index in [0.29, 0.717) is 5.84 Å². The van der Waals surface area contributed by atoms with Crippen LogP contribution in [0.5, 0.6) is 5.75 Å². The zero-order valence-corrected chi connectivity index (χ0v) is 14.9. The molecule has 1 unspecified atom stereocenters. The molecule has 0 amide bonds. The first-order chi connectivity index (χ1) is 12.1. The van der Waals surface area contributed by atoms with Gasteiger partial charge < -0.3 is 25.4 Å². The predicted octanol–water partition coefficient (Wildman–Crippen LogP) is 0.285. The lowest BCUT2D eigenvalue weighted by Crippen LogP contribution is -2.49. The molecule has 2 aliphatic heterocycles. The van der Waals surface area contributed by atoms with Crippen molar-refractivity contribution in [1.82, 2.24) is 10.2 Å². The number of hydrogen-bond acceptors (Lipinski definition) is 7. The highest BCUT2D eigenvalue weighted by atomic mass is 16.5. The third-order valence-corrected chi connectivity index (χ3v) is 4.80. The quantitative estimate of drug-likeness (QED) is 0.709. The minimum absolute atomic E-state index is 0.393. The topological polar surface area (TPSA) is 98.1 Å². The second-order valence-corrected chi connectivity index (χ2v) is 6.44. The highest BCUT2D eigenvalue weighted by Gasteiger charge is 2.32. The Hall–Kier alpha value is -2.09. The Morgan fingerprint density at radius 1 is 1.24 bits per heavy atom. The zero-order valence-electron chi connectivity index (χ0n) is 14.9. The fourth-order valence-electron chi connectivity index (χ4n) is 3.38. The average molecular weight is 345 g/mol. The first-order valence-corrected chi connectivity index (χ1v) is 8.56. The molecule has 0 aromatic heterocycles. The van der Waals surface area contributed by atoms with Gasteiger partial charge in [0.2, 0.25) is 5.79 Å². The van der Waals surface area contributed by atoms with Crippen LogP contribution in [0.25, 0.3) is 0 Å². The summed E-state index contributed by atoms with van der Waals surface area (Å²) >= 11 is 0. The van der Waals surface area contributed by atoms with E-state index in [2.05, 4.69) is 27.3 Å². The Morgan fingerprint density at radius 3 is 2.60 bits per heavy atom. The van der Waals surface area contributed by atoms with Crippen LogP contribution in [0.3, 0.4) is 0 Å². The molecule has 0 saturated heterocycles. The molecule has 0 radical (unpaired) electrons. The summed E-state index contributed by atoms with van der Waals surface area (Å²) in [5.41, 5.74) is 15.7. The molecule has 0 bridgehead atoms. The van der Waals surface area contributed by atoms with Gasteiger partial charge in [0.15, 0.2) is 0 Å². The smallest absolute Gasteiger partial charge is 0.214 e. The van der Waals surface area contributed by atoms with Gasteiger partial charge in [-0.05, 0) is 42.2 Å². The number of nitrogens with two attached hydrogens (primary N) is 2. The largest absolute Gasteiger partial charge is 0.496 e. The van der Waals surface area contributed by atoms with Crippen LogP contribution in [0, 0.1) is 0 Å². The number of fused-ring (bicyclic) bond motifs is 1. The summed E-state index contributed by atoms with van der Waals surface area (Å²) < 4.78 is 10.8. The fourth-order valence-corrected chi connectivity index (χ4v) is 3.38. The van der Waals surface area contributed by atoms with E-state index in [1.807, 2.05) is 0 Å². The third-order valence-electron chi connectivity index (χ3n) is 4.80. The fraction of sp³-hybridized carbons (Fsp3) is 0.500. The van der Waals surface area contributed by atoms with Gasteiger partial charge in [0.1, 0.15) is 11.6 Å². The number of nitrogens with one attached hydrogen (secondary N) is 1. The van der Waals surface area contributed by atoms with Gasteiger partial charge in [-0.1, -0.05) is 0 Å². The molecule has 3 rings (SSSR count). The van der Waals surface area contributed by atoms with Crippen LogP contribution < -0.4 is 21.5 Å². The summed E-state index contributed by atoms with van der Waals surface area (Å²) in [6.07, 6.45) is 5.35. The number of ether oxygens (including phenoxy) is 2. The van der Waals surface area contributed by atoms with Gasteiger partial charge in [-0.3, -0.25) is 5.73 Å². The van der Waals surface area contributed by atoms with Crippen LogP contribution in [0.15, 0.2) is 29.4 Å². The Balaban J connectivity index is 1.91. The van der Waals surface area contributed by atoms with E-state index in [-0.39, 0.29) is 0 Å². The molecule has 1 atom stereocenters. The molecule has 136 valence electrons. The van der Waals surface area contributed by atoms with Crippen LogP contribution in [0.2, 0.25) is 0 Å². The lowest BCUT2D eigenvalue weighted by molar-refractivity contribution is 0.150. The summed E-state index contributed by atoms with van der Waals surface area (Å²) in [5.74, 6) is 0.0104. The minimum Gasteiger partial charge on any atom is -0.496 e. The van der Waals surface area contributed by atoms with E-state index >= 15 is 0 Å². The van der Waals surface area contributed by atoms with E-state index < -0.39 is 5.79 Å². The highest BCUT2D eigenvalue weighted by molar-refractivity contribution is 5.92. The average Bonchev–Trinajstić information content (AvgIpc) is 2.80. The maximum atomic E-state index is 6.48. The van der Waals surface area contributed by atoms with Gasteiger partial charge in [-0.2, -0.15) is 0 Å².